The SMILES string of the molecule is C[C@H]1[C@@H](CCOCCc2ccc(CCOCC[C@H]3O[C@@H]4O[C@]5(C)CC[C@H]6[C@H](C)CC[C@@H]([C@H]3C)[C@@]46OO5)cc2)O[C@@H]2O[C@]3(C)CC[C@H]4[C@H](C)CC[C@@H]1[C@@]24OO3. The van der Waals surface area contributed by atoms with Gasteiger partial charge in [-0.25, -0.2) is 19.6 Å². The molecule has 8 aliphatic heterocycles. The van der Waals surface area contributed by atoms with Crippen LogP contribution in [0.4, 0.5) is 0 Å². The normalized spacial score (nSPS) is 49.1. The lowest BCUT2D eigenvalue weighted by atomic mass is 9.57. The fraction of sp³-hybridized carbons (Fsp3) is 0.864. The molecule has 0 N–H and O–H groups in total. The summed E-state index contributed by atoms with van der Waals surface area (Å²) in [6, 6.07) is 8.91. The molecule has 10 heteroatoms. The monoisotopic (exact) mass is 754 g/mol. The van der Waals surface area contributed by atoms with E-state index in [1.54, 1.807) is 0 Å². The molecule has 2 saturated carbocycles. The Kier molecular flexibility index (Phi) is 10.6. The second-order valence-corrected chi connectivity index (χ2v) is 19.0. The first-order chi connectivity index (χ1) is 26.0. The molecule has 10 nitrogen and oxygen atoms in total. The van der Waals surface area contributed by atoms with E-state index in [1.807, 2.05) is 13.8 Å². The number of hydrogen-bond acceptors (Lipinski definition) is 10. The third-order valence-corrected chi connectivity index (χ3v) is 15.8. The van der Waals surface area contributed by atoms with E-state index in [0.717, 1.165) is 64.2 Å². The zero-order valence-electron chi connectivity index (χ0n) is 33.6. The van der Waals surface area contributed by atoms with E-state index in [1.165, 1.54) is 24.0 Å². The number of hydrogen-bond donors (Lipinski definition) is 0. The third kappa shape index (κ3) is 6.55. The molecule has 0 aromatic heterocycles. The largest absolute Gasteiger partial charge is 0.381 e. The van der Waals surface area contributed by atoms with Crippen molar-refractivity contribution in [2.24, 2.45) is 47.3 Å². The minimum absolute atomic E-state index is 0.0842. The van der Waals surface area contributed by atoms with Crippen molar-refractivity contribution in [3.8, 4) is 0 Å². The number of benzene rings is 1. The smallest absolute Gasteiger partial charge is 0.201 e. The summed E-state index contributed by atoms with van der Waals surface area (Å²) in [7, 11) is 0. The highest BCUT2D eigenvalue weighted by atomic mass is 17.3. The molecule has 302 valence electrons. The summed E-state index contributed by atoms with van der Waals surface area (Å²) < 4.78 is 38.9. The Balaban J connectivity index is 0.695. The molecule has 8 heterocycles. The van der Waals surface area contributed by atoms with E-state index < -0.39 is 22.8 Å². The van der Waals surface area contributed by atoms with Gasteiger partial charge >= 0.3 is 0 Å². The molecule has 8 saturated heterocycles. The number of ether oxygens (including phenoxy) is 6. The van der Waals surface area contributed by atoms with Gasteiger partial charge in [0, 0.05) is 37.9 Å². The van der Waals surface area contributed by atoms with E-state index in [-0.39, 0.29) is 24.8 Å². The topological polar surface area (TPSA) is 92.3 Å². The van der Waals surface area contributed by atoms with Crippen LogP contribution in [0, 0.1) is 47.3 Å². The van der Waals surface area contributed by atoms with Gasteiger partial charge in [-0.05, 0) is 125 Å². The maximum atomic E-state index is 6.73. The van der Waals surface area contributed by atoms with Gasteiger partial charge in [0.25, 0.3) is 0 Å². The molecular weight excluding hydrogens is 688 g/mol. The van der Waals surface area contributed by atoms with Crippen LogP contribution in [0.25, 0.3) is 0 Å². The quantitative estimate of drug-likeness (QED) is 0.154. The molecule has 2 spiro atoms. The van der Waals surface area contributed by atoms with E-state index in [9.17, 15) is 0 Å². The zero-order valence-corrected chi connectivity index (χ0v) is 33.6. The zero-order chi connectivity index (χ0) is 37.3. The molecule has 54 heavy (non-hydrogen) atoms. The second kappa shape index (κ2) is 14.9. The minimum atomic E-state index is -0.733. The fourth-order valence-corrected chi connectivity index (χ4v) is 12.5. The van der Waals surface area contributed by atoms with Gasteiger partial charge in [-0.1, -0.05) is 52.0 Å². The summed E-state index contributed by atoms with van der Waals surface area (Å²) >= 11 is 0. The maximum Gasteiger partial charge on any atom is 0.201 e. The molecule has 16 atom stereocenters. The molecule has 0 radical (unpaired) electrons. The first kappa shape index (κ1) is 38.3. The number of rotatable bonds is 12. The van der Waals surface area contributed by atoms with Crippen LogP contribution in [0.5, 0.6) is 0 Å². The molecule has 0 unspecified atom stereocenters. The maximum absolute atomic E-state index is 6.73. The predicted molar refractivity (Wildman–Crippen MR) is 198 cm³/mol. The molecule has 1 aromatic carbocycles. The Morgan fingerprint density at radius 3 is 1.39 bits per heavy atom. The lowest BCUT2D eigenvalue weighted by molar-refractivity contribution is -0.571. The second-order valence-electron chi connectivity index (χ2n) is 19.0. The average molecular weight is 755 g/mol. The van der Waals surface area contributed by atoms with E-state index >= 15 is 0 Å². The summed E-state index contributed by atoms with van der Waals surface area (Å²) in [6.45, 7) is 16.1. The standard InChI is InChI=1S/C44H66O10/c1-27-7-13-35-29(3)37(47-39-43(35)33(27)15-21-41(5,49-39)51-53-43)19-25-45-23-17-31-9-11-32(12-10-31)18-24-46-26-20-38-30(4)36-14-8-28(2)34-16-22-42(6)50-40(48-38)44(34,36)54-52-42/h9-12,27-30,33-40H,7-8,13-26H2,1-6H3/t27-,28-,29-,30-,33+,34+,35+,36+,37-,38-,39-,40-,41+,42+,43-,44-/m1/s1. The van der Waals surface area contributed by atoms with Crippen LogP contribution in [0.1, 0.15) is 117 Å². The van der Waals surface area contributed by atoms with Crippen molar-refractivity contribution in [1.82, 2.24) is 0 Å². The van der Waals surface area contributed by atoms with Crippen molar-refractivity contribution in [1.29, 1.82) is 0 Å². The summed E-state index contributed by atoms with van der Waals surface area (Å²) in [5.41, 5.74) is 1.59. The van der Waals surface area contributed by atoms with Crippen LogP contribution in [0.2, 0.25) is 0 Å². The van der Waals surface area contributed by atoms with Crippen LogP contribution in [0.15, 0.2) is 24.3 Å². The molecule has 10 fully saturated rings. The van der Waals surface area contributed by atoms with Crippen molar-refractivity contribution < 1.29 is 48.0 Å². The van der Waals surface area contributed by atoms with Gasteiger partial charge in [-0.15, -0.1) is 0 Å². The van der Waals surface area contributed by atoms with E-state index in [4.69, 9.17) is 48.0 Å². The first-order valence-corrected chi connectivity index (χ1v) is 21.7. The third-order valence-electron chi connectivity index (χ3n) is 15.8. The molecule has 0 amide bonds. The molecule has 2 aliphatic carbocycles. The van der Waals surface area contributed by atoms with Crippen molar-refractivity contribution in [2.45, 2.75) is 166 Å². The highest BCUT2D eigenvalue weighted by molar-refractivity contribution is 5.23. The highest BCUT2D eigenvalue weighted by Gasteiger charge is 2.70. The summed E-state index contributed by atoms with van der Waals surface area (Å²) in [6.07, 6.45) is 11.4. The van der Waals surface area contributed by atoms with Crippen molar-refractivity contribution >= 4 is 0 Å². The Morgan fingerprint density at radius 1 is 0.537 bits per heavy atom. The van der Waals surface area contributed by atoms with Crippen LogP contribution in [-0.4, -0.2) is 74.0 Å². The van der Waals surface area contributed by atoms with Gasteiger partial charge in [0.05, 0.1) is 25.4 Å². The molecule has 11 rings (SSSR count). The van der Waals surface area contributed by atoms with Crippen LogP contribution in [0.3, 0.4) is 0 Å². The van der Waals surface area contributed by atoms with E-state index in [2.05, 4.69) is 52.0 Å². The molecular formula is C44H66O10. The molecule has 10 aliphatic rings. The summed E-state index contributed by atoms with van der Waals surface area (Å²) in [5, 5.41) is 0. The van der Waals surface area contributed by atoms with Gasteiger partial charge in [0.15, 0.2) is 23.8 Å². The van der Waals surface area contributed by atoms with Gasteiger partial charge < -0.3 is 28.4 Å². The van der Waals surface area contributed by atoms with Gasteiger partial charge in [0.1, 0.15) is 0 Å². The van der Waals surface area contributed by atoms with Crippen LogP contribution < -0.4 is 0 Å². The molecule has 4 bridgehead atoms. The Morgan fingerprint density at radius 2 is 0.963 bits per heavy atom. The average Bonchev–Trinajstić information content (AvgIpc) is 3.54. The van der Waals surface area contributed by atoms with Crippen LogP contribution >= 0.6 is 0 Å². The summed E-state index contributed by atoms with van der Waals surface area (Å²) in [4.78, 5) is 24.5. The Hall–Kier alpha value is -1.18. The Labute approximate surface area is 322 Å². The number of fused-ring (bicyclic) bond motifs is 4. The van der Waals surface area contributed by atoms with Gasteiger partial charge in [-0.2, -0.15) is 0 Å². The van der Waals surface area contributed by atoms with Gasteiger partial charge in [-0.3, -0.25) is 0 Å². The van der Waals surface area contributed by atoms with Gasteiger partial charge in [0.2, 0.25) is 11.6 Å². The molecule has 1 aromatic rings. The van der Waals surface area contributed by atoms with Crippen LogP contribution in [-0.2, 0) is 60.8 Å². The van der Waals surface area contributed by atoms with E-state index in [0.29, 0.717) is 73.8 Å². The van der Waals surface area contributed by atoms with Crippen molar-refractivity contribution in [3.63, 3.8) is 0 Å². The lowest BCUT2D eigenvalue weighted by Crippen LogP contribution is -2.70. The Bertz CT molecular complexity index is 1350. The predicted octanol–water partition coefficient (Wildman–Crippen LogP) is 8.09. The minimum Gasteiger partial charge on any atom is -0.381 e. The lowest BCUT2D eigenvalue weighted by Gasteiger charge is -2.60. The summed E-state index contributed by atoms with van der Waals surface area (Å²) in [5.74, 6) is 1.91. The fourth-order valence-electron chi connectivity index (χ4n) is 12.5. The highest BCUT2D eigenvalue weighted by Crippen LogP contribution is 2.62. The van der Waals surface area contributed by atoms with Crippen molar-refractivity contribution in [3.05, 3.63) is 35.4 Å². The van der Waals surface area contributed by atoms with Crippen molar-refractivity contribution in [2.75, 3.05) is 26.4 Å². The first-order valence-electron chi connectivity index (χ1n) is 21.7.